The largest absolute Gasteiger partial charge is 0.454 e. The van der Waals surface area contributed by atoms with Gasteiger partial charge in [0.1, 0.15) is 0 Å². The molecule has 3 rings (SSSR count). The third-order valence-electron chi connectivity index (χ3n) is 4.52. The fourth-order valence-electron chi connectivity index (χ4n) is 3.10. The van der Waals surface area contributed by atoms with Gasteiger partial charge < -0.3 is 18.9 Å². The Labute approximate surface area is 178 Å². The Morgan fingerprint density at radius 1 is 0.767 bits per heavy atom. The summed E-state index contributed by atoms with van der Waals surface area (Å²) in [6, 6.07) is 16.6. The minimum atomic E-state index is -1.19. The lowest BCUT2D eigenvalue weighted by molar-refractivity contribution is -0.212. The second-order valence-electron chi connectivity index (χ2n) is 6.74. The molecule has 0 amide bonds. The van der Waals surface area contributed by atoms with E-state index in [1.165, 1.54) is 6.92 Å². The van der Waals surface area contributed by atoms with E-state index in [-0.39, 0.29) is 0 Å². The number of hydrogen-bond donors (Lipinski definition) is 0. The zero-order chi connectivity index (χ0) is 21.7. The Morgan fingerprint density at radius 3 is 1.70 bits per heavy atom. The highest BCUT2D eigenvalue weighted by Crippen LogP contribution is 2.31. The molecule has 8 heteroatoms. The Bertz CT molecular complexity index is 821. The van der Waals surface area contributed by atoms with Gasteiger partial charge in [-0.05, 0) is 31.2 Å². The summed E-state index contributed by atoms with van der Waals surface area (Å²) < 4.78 is 22.1. The number of hydrogen-bond acceptors (Lipinski definition) is 7. The summed E-state index contributed by atoms with van der Waals surface area (Å²) in [5.74, 6) is -1.94. The molecule has 30 heavy (non-hydrogen) atoms. The second-order valence-corrected chi connectivity index (χ2v) is 7.17. The van der Waals surface area contributed by atoms with Crippen LogP contribution in [0, 0.1) is 0 Å². The van der Waals surface area contributed by atoms with E-state index in [0.29, 0.717) is 11.1 Å². The maximum Gasteiger partial charge on any atom is 0.338 e. The monoisotopic (exact) mass is 432 g/mol. The van der Waals surface area contributed by atoms with Crippen LogP contribution < -0.4 is 0 Å². The topological polar surface area (TPSA) is 88.1 Å². The quantitative estimate of drug-likeness (QED) is 0.406. The molecule has 0 saturated carbocycles. The zero-order valence-corrected chi connectivity index (χ0v) is 17.2. The van der Waals surface area contributed by atoms with Crippen molar-refractivity contribution in [2.45, 2.75) is 43.8 Å². The number of rotatable bonds is 5. The summed E-state index contributed by atoms with van der Waals surface area (Å²) in [5, 5.41) is 0. The van der Waals surface area contributed by atoms with Crippen molar-refractivity contribution in [3.63, 3.8) is 0 Å². The molecule has 7 nitrogen and oxygen atoms in total. The van der Waals surface area contributed by atoms with Crippen molar-refractivity contribution in [2.24, 2.45) is 0 Å². The first-order chi connectivity index (χ1) is 14.4. The lowest BCUT2D eigenvalue weighted by Crippen LogP contribution is -2.59. The average molecular weight is 433 g/mol. The van der Waals surface area contributed by atoms with Gasteiger partial charge in [0.05, 0.1) is 17.2 Å². The number of esters is 3. The highest BCUT2D eigenvalue weighted by atomic mass is 35.5. The van der Waals surface area contributed by atoms with E-state index < -0.39 is 47.9 Å². The van der Waals surface area contributed by atoms with Crippen molar-refractivity contribution >= 4 is 29.5 Å². The Morgan fingerprint density at radius 2 is 1.23 bits per heavy atom. The molecule has 0 aliphatic carbocycles. The molecule has 1 fully saturated rings. The van der Waals surface area contributed by atoms with Gasteiger partial charge in [0, 0.05) is 6.92 Å². The van der Waals surface area contributed by atoms with Gasteiger partial charge in [0.2, 0.25) is 0 Å². The summed E-state index contributed by atoms with van der Waals surface area (Å²) in [6.45, 7) is 2.83. The molecule has 1 saturated heterocycles. The van der Waals surface area contributed by atoms with Crippen molar-refractivity contribution in [1.82, 2.24) is 0 Å². The van der Waals surface area contributed by atoms with Crippen molar-refractivity contribution in [1.29, 1.82) is 0 Å². The van der Waals surface area contributed by atoms with Crippen molar-refractivity contribution in [3.8, 4) is 0 Å². The summed E-state index contributed by atoms with van der Waals surface area (Å²) >= 11 is 6.27. The maximum absolute atomic E-state index is 12.6. The van der Waals surface area contributed by atoms with Gasteiger partial charge >= 0.3 is 17.9 Å². The zero-order valence-electron chi connectivity index (χ0n) is 16.4. The fraction of sp³-hybridized carbons (Fsp3) is 0.318. The summed E-state index contributed by atoms with van der Waals surface area (Å²) in [5.41, 5.74) is -0.500. The molecule has 0 aromatic heterocycles. The molecule has 2 aromatic rings. The molecule has 0 spiro atoms. The van der Waals surface area contributed by atoms with Gasteiger partial charge in [0.15, 0.2) is 23.9 Å². The van der Waals surface area contributed by atoms with Crippen molar-refractivity contribution in [2.75, 3.05) is 0 Å². The van der Waals surface area contributed by atoms with Crippen LogP contribution in [0.4, 0.5) is 0 Å². The smallest absolute Gasteiger partial charge is 0.338 e. The van der Waals surface area contributed by atoms with Gasteiger partial charge in [-0.1, -0.05) is 48.0 Å². The lowest BCUT2D eigenvalue weighted by atomic mass is 9.99. The Balaban J connectivity index is 1.84. The molecule has 0 bridgehead atoms. The van der Waals surface area contributed by atoms with E-state index in [2.05, 4.69) is 0 Å². The molecular weight excluding hydrogens is 412 g/mol. The highest BCUT2D eigenvalue weighted by Gasteiger charge is 2.50. The molecule has 0 N–H and O–H groups in total. The van der Waals surface area contributed by atoms with Crippen molar-refractivity contribution in [3.05, 3.63) is 71.8 Å². The number of ether oxygens (including phenoxy) is 4. The average Bonchev–Trinajstić information content (AvgIpc) is 2.74. The number of carbonyl (C=O) groups excluding carboxylic acids is 3. The molecule has 2 aromatic carbocycles. The standard InChI is InChI=1S/C22H21ClO7/c1-13-17(29-21(25)15-9-5-3-6-10-15)18(28-14(2)24)19(20(23)27-13)30-22(26)16-11-7-4-8-12-16/h3-13,17-20H,1-2H3. The molecule has 1 aliphatic rings. The number of halogens is 1. The van der Waals surface area contributed by atoms with Gasteiger partial charge in [-0.25, -0.2) is 9.59 Å². The first-order valence-electron chi connectivity index (χ1n) is 9.35. The second kappa shape index (κ2) is 9.73. The molecule has 1 heterocycles. The first kappa shape index (κ1) is 21.8. The van der Waals surface area contributed by atoms with Crippen LogP contribution >= 0.6 is 11.6 Å². The molecule has 1 aliphatic heterocycles. The van der Waals surface area contributed by atoms with Crippen LogP contribution in [0.15, 0.2) is 60.7 Å². The van der Waals surface area contributed by atoms with E-state index in [4.69, 9.17) is 30.5 Å². The van der Waals surface area contributed by atoms with Crippen molar-refractivity contribution < 1.29 is 33.3 Å². The Kier molecular flexibility index (Phi) is 7.07. The number of carbonyl (C=O) groups is 3. The number of alkyl halides is 1. The van der Waals surface area contributed by atoms with Crippen LogP contribution in [0.5, 0.6) is 0 Å². The van der Waals surface area contributed by atoms with Crippen LogP contribution in [0.2, 0.25) is 0 Å². The van der Waals surface area contributed by atoms with E-state index >= 15 is 0 Å². The highest BCUT2D eigenvalue weighted by molar-refractivity contribution is 6.20. The summed E-state index contributed by atoms with van der Waals surface area (Å²) in [6.07, 6.45) is -4.08. The molecule has 158 valence electrons. The van der Waals surface area contributed by atoms with E-state index in [1.54, 1.807) is 67.6 Å². The van der Waals surface area contributed by atoms with Gasteiger partial charge in [-0.15, -0.1) is 0 Å². The normalized spacial score (nSPS) is 25.8. The predicted octanol–water partition coefficient (Wildman–Crippen LogP) is 3.35. The lowest BCUT2D eigenvalue weighted by Gasteiger charge is -2.41. The Hall–Kier alpha value is -2.90. The SMILES string of the molecule is CC(=O)OC1C(OC(=O)c2ccccc2)C(C)OC(Cl)C1OC(=O)c1ccccc1. The third kappa shape index (κ3) is 5.17. The van der Waals surface area contributed by atoms with Crippen LogP contribution in [0.1, 0.15) is 34.6 Å². The minimum Gasteiger partial charge on any atom is -0.454 e. The molecule has 5 unspecified atom stereocenters. The number of benzene rings is 2. The van der Waals surface area contributed by atoms with Gasteiger partial charge in [-0.2, -0.15) is 0 Å². The minimum absolute atomic E-state index is 0.291. The van der Waals surface area contributed by atoms with E-state index in [0.717, 1.165) is 0 Å². The summed E-state index contributed by atoms with van der Waals surface area (Å²) in [4.78, 5) is 36.8. The van der Waals surface area contributed by atoms with E-state index in [1.807, 2.05) is 0 Å². The maximum atomic E-state index is 12.6. The van der Waals surface area contributed by atoms with E-state index in [9.17, 15) is 14.4 Å². The molecule has 5 atom stereocenters. The van der Waals surface area contributed by atoms with Gasteiger partial charge in [0.25, 0.3) is 0 Å². The van der Waals surface area contributed by atoms with Crippen LogP contribution in [-0.2, 0) is 23.7 Å². The summed E-state index contributed by atoms with van der Waals surface area (Å²) in [7, 11) is 0. The predicted molar refractivity (Wildman–Crippen MR) is 107 cm³/mol. The van der Waals surface area contributed by atoms with Crippen LogP contribution in [0.3, 0.4) is 0 Å². The van der Waals surface area contributed by atoms with Crippen LogP contribution in [0.25, 0.3) is 0 Å². The fourth-order valence-corrected chi connectivity index (χ4v) is 3.46. The van der Waals surface area contributed by atoms with Gasteiger partial charge in [-0.3, -0.25) is 4.79 Å². The third-order valence-corrected chi connectivity index (χ3v) is 4.87. The molecular formula is C22H21ClO7. The first-order valence-corrected chi connectivity index (χ1v) is 9.79. The molecule has 0 radical (unpaired) electrons. The van der Waals surface area contributed by atoms with Crippen LogP contribution in [-0.4, -0.2) is 47.9 Å².